The first-order valence-electron chi connectivity index (χ1n) is 6.76. The maximum atomic E-state index is 5.93. The average Bonchev–Trinajstić information content (AvgIpc) is 2.49. The van der Waals surface area contributed by atoms with Crippen molar-refractivity contribution in [3.63, 3.8) is 0 Å². The number of thiol groups is 1. The van der Waals surface area contributed by atoms with E-state index >= 15 is 0 Å². The normalized spacial score (nSPS) is 11.9. The second-order valence-electron chi connectivity index (χ2n) is 4.99. The van der Waals surface area contributed by atoms with Crippen LogP contribution in [0.25, 0.3) is 0 Å². The monoisotopic (exact) mass is 287 g/mol. The van der Waals surface area contributed by atoms with Gasteiger partial charge in [0.1, 0.15) is 5.75 Å². The molecule has 0 aliphatic rings. The lowest BCUT2D eigenvalue weighted by atomic mass is 10.0. The van der Waals surface area contributed by atoms with Gasteiger partial charge in [0, 0.05) is 37.5 Å². The standard InChI is InChI=1S/C17H21NOS/c1-18(2)16-9-6-10-17(11-16)19-12-15(13-20)14-7-4-3-5-8-14/h3-11,15,20H,12-13H2,1-2H3. The molecule has 2 nitrogen and oxygen atoms in total. The summed E-state index contributed by atoms with van der Waals surface area (Å²) in [4.78, 5) is 2.07. The summed E-state index contributed by atoms with van der Waals surface area (Å²) in [6.45, 7) is 0.643. The molecule has 1 unspecified atom stereocenters. The van der Waals surface area contributed by atoms with Gasteiger partial charge in [0.2, 0.25) is 0 Å². The second-order valence-corrected chi connectivity index (χ2v) is 5.36. The zero-order valence-electron chi connectivity index (χ0n) is 12.0. The zero-order chi connectivity index (χ0) is 14.4. The summed E-state index contributed by atoms with van der Waals surface area (Å²) in [5.74, 6) is 1.98. The smallest absolute Gasteiger partial charge is 0.121 e. The molecule has 2 aromatic rings. The molecule has 0 spiro atoms. The number of hydrogen-bond acceptors (Lipinski definition) is 3. The van der Waals surface area contributed by atoms with Crippen molar-refractivity contribution in [3.8, 4) is 5.75 Å². The maximum Gasteiger partial charge on any atom is 0.121 e. The highest BCUT2D eigenvalue weighted by Gasteiger charge is 2.10. The van der Waals surface area contributed by atoms with E-state index in [-0.39, 0.29) is 0 Å². The lowest BCUT2D eigenvalue weighted by molar-refractivity contribution is 0.298. The van der Waals surface area contributed by atoms with Crippen molar-refractivity contribution in [1.82, 2.24) is 0 Å². The Labute approximate surface area is 126 Å². The van der Waals surface area contributed by atoms with Gasteiger partial charge in [-0.05, 0) is 17.7 Å². The molecule has 0 N–H and O–H groups in total. The summed E-state index contributed by atoms with van der Waals surface area (Å²) in [5, 5.41) is 0. The molecule has 20 heavy (non-hydrogen) atoms. The van der Waals surface area contributed by atoms with E-state index in [2.05, 4.69) is 53.9 Å². The largest absolute Gasteiger partial charge is 0.493 e. The first-order chi connectivity index (χ1) is 9.70. The first-order valence-corrected chi connectivity index (χ1v) is 7.40. The summed E-state index contributed by atoms with van der Waals surface area (Å²) in [7, 11) is 4.05. The van der Waals surface area contributed by atoms with Gasteiger partial charge in [-0.3, -0.25) is 0 Å². The Kier molecular flexibility index (Phi) is 5.36. The Morgan fingerprint density at radius 3 is 2.45 bits per heavy atom. The molecule has 0 heterocycles. The van der Waals surface area contributed by atoms with E-state index in [1.54, 1.807) is 0 Å². The average molecular weight is 287 g/mol. The van der Waals surface area contributed by atoms with E-state index in [4.69, 9.17) is 4.74 Å². The van der Waals surface area contributed by atoms with E-state index in [0.717, 1.165) is 17.2 Å². The van der Waals surface area contributed by atoms with Crippen LogP contribution in [0.15, 0.2) is 54.6 Å². The van der Waals surface area contributed by atoms with Crippen molar-refractivity contribution in [3.05, 3.63) is 60.2 Å². The highest BCUT2D eigenvalue weighted by Crippen LogP contribution is 2.22. The Morgan fingerprint density at radius 2 is 1.80 bits per heavy atom. The molecule has 1 atom stereocenters. The summed E-state index contributed by atoms with van der Waals surface area (Å²) in [5.41, 5.74) is 2.41. The van der Waals surface area contributed by atoms with E-state index in [1.807, 2.05) is 32.3 Å². The molecular weight excluding hydrogens is 266 g/mol. The quantitative estimate of drug-likeness (QED) is 0.810. The number of ether oxygens (including phenoxy) is 1. The highest BCUT2D eigenvalue weighted by atomic mass is 32.1. The Hall–Kier alpha value is -1.61. The van der Waals surface area contributed by atoms with Gasteiger partial charge in [-0.2, -0.15) is 12.6 Å². The highest BCUT2D eigenvalue weighted by molar-refractivity contribution is 7.80. The number of nitrogens with zero attached hydrogens (tertiary/aromatic N) is 1. The van der Waals surface area contributed by atoms with Gasteiger partial charge in [-0.25, -0.2) is 0 Å². The molecule has 0 aliphatic carbocycles. The van der Waals surface area contributed by atoms with Crippen LogP contribution in [0.5, 0.6) is 5.75 Å². The van der Waals surface area contributed by atoms with E-state index in [1.165, 1.54) is 5.56 Å². The Morgan fingerprint density at radius 1 is 1.05 bits per heavy atom. The predicted molar refractivity (Wildman–Crippen MR) is 89.3 cm³/mol. The SMILES string of the molecule is CN(C)c1cccc(OCC(CS)c2ccccc2)c1. The summed E-state index contributed by atoms with van der Waals surface area (Å²) >= 11 is 4.44. The van der Waals surface area contributed by atoms with Crippen molar-refractivity contribution < 1.29 is 4.74 Å². The number of anilines is 1. The van der Waals surface area contributed by atoms with Crippen molar-refractivity contribution in [1.29, 1.82) is 0 Å². The lowest BCUT2D eigenvalue weighted by Gasteiger charge is -2.18. The molecule has 0 aromatic heterocycles. The Bertz CT molecular complexity index is 528. The third-order valence-corrected chi connectivity index (χ3v) is 3.72. The third kappa shape index (κ3) is 3.94. The minimum Gasteiger partial charge on any atom is -0.493 e. The molecule has 0 radical (unpaired) electrons. The fourth-order valence-electron chi connectivity index (χ4n) is 2.03. The number of rotatable bonds is 6. The number of hydrogen-bond donors (Lipinski definition) is 1. The predicted octanol–water partition coefficient (Wildman–Crippen LogP) is 3.85. The van der Waals surface area contributed by atoms with Crippen molar-refractivity contribution in [2.24, 2.45) is 0 Å². The van der Waals surface area contributed by atoms with Crippen LogP contribution in [0.4, 0.5) is 5.69 Å². The lowest BCUT2D eigenvalue weighted by Crippen LogP contribution is -2.12. The first kappa shape index (κ1) is 14.8. The summed E-state index contributed by atoms with van der Waals surface area (Å²) in [6, 6.07) is 18.5. The summed E-state index contributed by atoms with van der Waals surface area (Å²) in [6.07, 6.45) is 0. The van der Waals surface area contributed by atoms with Crippen LogP contribution in [0.3, 0.4) is 0 Å². The molecule has 0 bridgehead atoms. The van der Waals surface area contributed by atoms with Crippen LogP contribution in [0.1, 0.15) is 11.5 Å². The minimum atomic E-state index is 0.308. The number of benzene rings is 2. The van der Waals surface area contributed by atoms with Crippen molar-refractivity contribution in [2.45, 2.75) is 5.92 Å². The van der Waals surface area contributed by atoms with Gasteiger partial charge in [0.05, 0.1) is 6.61 Å². The van der Waals surface area contributed by atoms with Crippen LogP contribution in [0.2, 0.25) is 0 Å². The van der Waals surface area contributed by atoms with Gasteiger partial charge < -0.3 is 9.64 Å². The molecule has 3 heteroatoms. The maximum absolute atomic E-state index is 5.93. The Balaban J connectivity index is 2.02. The van der Waals surface area contributed by atoms with Gasteiger partial charge in [-0.15, -0.1) is 0 Å². The molecule has 2 rings (SSSR count). The van der Waals surface area contributed by atoms with Gasteiger partial charge in [0.25, 0.3) is 0 Å². The molecule has 2 aromatic carbocycles. The molecular formula is C17H21NOS. The van der Waals surface area contributed by atoms with Gasteiger partial charge in [-0.1, -0.05) is 36.4 Å². The van der Waals surface area contributed by atoms with Crippen molar-refractivity contribution in [2.75, 3.05) is 31.4 Å². The van der Waals surface area contributed by atoms with E-state index in [0.29, 0.717) is 12.5 Å². The van der Waals surface area contributed by atoms with E-state index < -0.39 is 0 Å². The third-order valence-electron chi connectivity index (χ3n) is 3.28. The van der Waals surface area contributed by atoms with Crippen LogP contribution in [-0.2, 0) is 0 Å². The van der Waals surface area contributed by atoms with E-state index in [9.17, 15) is 0 Å². The summed E-state index contributed by atoms with van der Waals surface area (Å²) < 4.78 is 5.93. The zero-order valence-corrected chi connectivity index (χ0v) is 12.9. The van der Waals surface area contributed by atoms with Crippen LogP contribution >= 0.6 is 12.6 Å². The van der Waals surface area contributed by atoms with Crippen molar-refractivity contribution >= 4 is 18.3 Å². The second kappa shape index (κ2) is 7.25. The molecule has 0 saturated carbocycles. The topological polar surface area (TPSA) is 12.5 Å². The molecule has 0 saturated heterocycles. The van der Waals surface area contributed by atoms with Crippen LogP contribution in [0, 0.1) is 0 Å². The fraction of sp³-hybridized carbons (Fsp3) is 0.294. The van der Waals surface area contributed by atoms with Crippen LogP contribution in [-0.4, -0.2) is 26.5 Å². The molecule has 0 aliphatic heterocycles. The van der Waals surface area contributed by atoms with Gasteiger partial charge >= 0.3 is 0 Å². The minimum absolute atomic E-state index is 0.308. The molecule has 0 amide bonds. The fourth-order valence-corrected chi connectivity index (χ4v) is 2.34. The molecule has 0 fully saturated rings. The van der Waals surface area contributed by atoms with Crippen LogP contribution < -0.4 is 9.64 Å². The molecule has 106 valence electrons. The van der Waals surface area contributed by atoms with Gasteiger partial charge in [0.15, 0.2) is 0 Å².